The molecule has 148 valence electrons. The minimum Gasteiger partial charge on any atom is -0.350 e. The summed E-state index contributed by atoms with van der Waals surface area (Å²) in [6.07, 6.45) is 2.89. The van der Waals surface area contributed by atoms with Crippen molar-refractivity contribution in [3.63, 3.8) is 0 Å². The van der Waals surface area contributed by atoms with Crippen molar-refractivity contribution in [1.82, 2.24) is 15.2 Å². The molecule has 5 heteroatoms. The first-order valence-corrected chi connectivity index (χ1v) is 10.7. The number of pyridine rings is 1. The van der Waals surface area contributed by atoms with E-state index in [-0.39, 0.29) is 5.91 Å². The second-order valence-corrected chi connectivity index (χ2v) is 8.46. The molecule has 0 aliphatic carbocycles. The highest BCUT2D eigenvalue weighted by Gasteiger charge is 2.21. The van der Waals surface area contributed by atoms with Gasteiger partial charge in [0.15, 0.2) is 0 Å². The lowest BCUT2D eigenvalue weighted by Gasteiger charge is -2.10. The Kier molecular flexibility index (Phi) is 5.60. The lowest BCUT2D eigenvalue weighted by atomic mass is 10.0. The van der Waals surface area contributed by atoms with Crippen LogP contribution in [0.2, 0.25) is 0 Å². The molecule has 4 nitrogen and oxygen atoms in total. The summed E-state index contributed by atoms with van der Waals surface area (Å²) in [6, 6.07) is 16.6. The number of nitrogens with one attached hydrogen (secondary N) is 1. The average molecular weight is 404 g/mol. The Morgan fingerprint density at radius 2 is 1.90 bits per heavy atom. The molecular formula is C24H25N3OS. The lowest BCUT2D eigenvalue weighted by molar-refractivity contribution is 0.0955. The molecule has 0 saturated heterocycles. The Bertz CT molecular complexity index is 1170. The molecule has 4 aromatic rings. The van der Waals surface area contributed by atoms with E-state index in [9.17, 15) is 4.79 Å². The maximum Gasteiger partial charge on any atom is 0.262 e. The molecule has 2 aromatic heterocycles. The molecule has 0 fully saturated rings. The molecule has 2 aromatic carbocycles. The van der Waals surface area contributed by atoms with Crippen molar-refractivity contribution < 1.29 is 4.79 Å². The summed E-state index contributed by atoms with van der Waals surface area (Å²) in [5.41, 5.74) is 4.27. The third-order valence-electron chi connectivity index (χ3n) is 5.10. The quantitative estimate of drug-likeness (QED) is 0.494. The van der Waals surface area contributed by atoms with Crippen molar-refractivity contribution in [3.05, 3.63) is 65.2 Å². The number of rotatable bonds is 6. The molecule has 0 radical (unpaired) electrons. The number of amides is 1. The van der Waals surface area contributed by atoms with Gasteiger partial charge in [0, 0.05) is 40.3 Å². The topological polar surface area (TPSA) is 45.2 Å². The number of nitrogens with zero attached hydrogens (tertiary/aromatic N) is 2. The van der Waals surface area contributed by atoms with E-state index in [1.165, 1.54) is 5.56 Å². The summed E-state index contributed by atoms with van der Waals surface area (Å²) in [4.78, 5) is 20.6. The van der Waals surface area contributed by atoms with Crippen LogP contribution in [0.3, 0.4) is 0 Å². The number of likely N-dealkylation sites (N-methyl/N-ethyl adjacent to an activating group) is 1. The first-order valence-electron chi connectivity index (χ1n) is 9.91. The summed E-state index contributed by atoms with van der Waals surface area (Å²) in [5, 5.41) is 5.24. The van der Waals surface area contributed by atoms with Gasteiger partial charge in [0.25, 0.3) is 5.91 Å². The number of carbonyl (C=O) groups is 1. The molecule has 0 spiro atoms. The van der Waals surface area contributed by atoms with Gasteiger partial charge >= 0.3 is 0 Å². The van der Waals surface area contributed by atoms with Crippen LogP contribution in [0.15, 0.2) is 54.7 Å². The van der Waals surface area contributed by atoms with Gasteiger partial charge < -0.3 is 10.2 Å². The molecular weight excluding hydrogens is 378 g/mol. The average Bonchev–Trinajstić information content (AvgIpc) is 3.14. The standard InChI is InChI=1S/C24H25N3OS/c1-4-16-10-11-20-18(14-16)22-19(15-26-20)21(17-8-6-5-7-9-17)23(29-22)24(28)25-12-13-27(2)3/h5-11,14-15H,4,12-13H2,1-3H3,(H,25,28). The van der Waals surface area contributed by atoms with Crippen molar-refractivity contribution in [3.8, 4) is 11.1 Å². The van der Waals surface area contributed by atoms with Gasteiger partial charge in [0.1, 0.15) is 4.88 Å². The van der Waals surface area contributed by atoms with Gasteiger partial charge in [-0.2, -0.15) is 0 Å². The summed E-state index contributed by atoms with van der Waals surface area (Å²) in [6.45, 7) is 3.58. The van der Waals surface area contributed by atoms with Crippen LogP contribution in [0.25, 0.3) is 32.1 Å². The first kappa shape index (κ1) is 19.6. The summed E-state index contributed by atoms with van der Waals surface area (Å²) >= 11 is 1.57. The van der Waals surface area contributed by atoms with Crippen LogP contribution in [0, 0.1) is 0 Å². The summed E-state index contributed by atoms with van der Waals surface area (Å²) in [7, 11) is 4.01. The van der Waals surface area contributed by atoms with Crippen LogP contribution in [-0.4, -0.2) is 43.0 Å². The zero-order valence-corrected chi connectivity index (χ0v) is 17.8. The molecule has 29 heavy (non-hydrogen) atoms. The van der Waals surface area contributed by atoms with Gasteiger partial charge in [-0.15, -0.1) is 11.3 Å². The monoisotopic (exact) mass is 403 g/mol. The molecule has 0 atom stereocenters. The number of carbonyl (C=O) groups excluding carboxylic acids is 1. The predicted molar refractivity (Wildman–Crippen MR) is 123 cm³/mol. The Morgan fingerprint density at radius 1 is 1.10 bits per heavy atom. The van der Waals surface area contributed by atoms with Crippen LogP contribution in [0.1, 0.15) is 22.2 Å². The van der Waals surface area contributed by atoms with Crippen molar-refractivity contribution >= 4 is 38.2 Å². The van der Waals surface area contributed by atoms with E-state index in [0.29, 0.717) is 6.54 Å². The van der Waals surface area contributed by atoms with Gasteiger partial charge in [-0.25, -0.2) is 0 Å². The molecule has 0 bridgehead atoms. The molecule has 1 amide bonds. The zero-order valence-electron chi connectivity index (χ0n) is 17.0. The van der Waals surface area contributed by atoms with Gasteiger partial charge in [0.05, 0.1) is 5.52 Å². The Balaban J connectivity index is 1.90. The maximum atomic E-state index is 13.1. The Morgan fingerprint density at radius 3 is 2.62 bits per heavy atom. The Hall–Kier alpha value is -2.76. The van der Waals surface area contributed by atoms with E-state index in [1.54, 1.807) is 11.3 Å². The van der Waals surface area contributed by atoms with E-state index >= 15 is 0 Å². The largest absolute Gasteiger partial charge is 0.350 e. The summed E-state index contributed by atoms with van der Waals surface area (Å²) < 4.78 is 1.13. The second kappa shape index (κ2) is 8.31. The lowest BCUT2D eigenvalue weighted by Crippen LogP contribution is -2.31. The third kappa shape index (κ3) is 3.88. The minimum absolute atomic E-state index is 0.0216. The smallest absolute Gasteiger partial charge is 0.262 e. The van der Waals surface area contributed by atoms with E-state index < -0.39 is 0 Å². The van der Waals surface area contributed by atoms with Gasteiger partial charge in [-0.1, -0.05) is 43.3 Å². The van der Waals surface area contributed by atoms with Crippen LogP contribution >= 0.6 is 11.3 Å². The van der Waals surface area contributed by atoms with Crippen LogP contribution < -0.4 is 5.32 Å². The molecule has 0 saturated carbocycles. The number of thiophene rings is 1. The first-order chi connectivity index (χ1) is 14.1. The normalized spacial score (nSPS) is 11.4. The number of fused-ring (bicyclic) bond motifs is 3. The SMILES string of the molecule is CCc1ccc2ncc3c(-c4ccccc4)c(C(=O)NCCN(C)C)sc3c2c1. The van der Waals surface area contributed by atoms with E-state index in [0.717, 1.165) is 50.0 Å². The van der Waals surface area contributed by atoms with Gasteiger partial charge in [0.2, 0.25) is 0 Å². The van der Waals surface area contributed by atoms with E-state index in [4.69, 9.17) is 4.98 Å². The van der Waals surface area contributed by atoms with Crippen LogP contribution in [0.5, 0.6) is 0 Å². The van der Waals surface area contributed by atoms with E-state index in [1.807, 2.05) is 38.5 Å². The fourth-order valence-electron chi connectivity index (χ4n) is 3.52. The third-order valence-corrected chi connectivity index (χ3v) is 6.34. The second-order valence-electron chi connectivity index (χ2n) is 7.44. The van der Waals surface area contributed by atoms with Crippen molar-refractivity contribution in [2.75, 3.05) is 27.2 Å². The highest BCUT2D eigenvalue weighted by molar-refractivity contribution is 7.22. The van der Waals surface area contributed by atoms with Crippen molar-refractivity contribution in [2.45, 2.75) is 13.3 Å². The van der Waals surface area contributed by atoms with Crippen LogP contribution in [0.4, 0.5) is 0 Å². The molecule has 0 aliphatic rings. The zero-order chi connectivity index (χ0) is 20.4. The molecule has 2 heterocycles. The fraction of sp³-hybridized carbons (Fsp3) is 0.250. The fourth-order valence-corrected chi connectivity index (χ4v) is 4.76. The molecule has 0 aliphatic heterocycles. The number of hydrogen-bond acceptors (Lipinski definition) is 4. The molecule has 1 N–H and O–H groups in total. The number of aryl methyl sites for hydroxylation is 1. The van der Waals surface area contributed by atoms with Gasteiger partial charge in [-0.05, 0) is 43.8 Å². The Labute approximate surface area is 175 Å². The highest BCUT2D eigenvalue weighted by Crippen LogP contribution is 2.41. The summed E-state index contributed by atoms with van der Waals surface area (Å²) in [5.74, 6) is -0.0216. The number of hydrogen-bond donors (Lipinski definition) is 1. The maximum absolute atomic E-state index is 13.1. The minimum atomic E-state index is -0.0216. The predicted octanol–water partition coefficient (Wildman–Crippen LogP) is 4.97. The molecule has 4 rings (SSSR count). The highest BCUT2D eigenvalue weighted by atomic mass is 32.1. The van der Waals surface area contributed by atoms with Crippen molar-refractivity contribution in [2.24, 2.45) is 0 Å². The van der Waals surface area contributed by atoms with Crippen LogP contribution in [-0.2, 0) is 6.42 Å². The van der Waals surface area contributed by atoms with Gasteiger partial charge in [-0.3, -0.25) is 9.78 Å². The number of benzene rings is 2. The molecule has 0 unspecified atom stereocenters. The van der Waals surface area contributed by atoms with E-state index in [2.05, 4.69) is 47.5 Å². The number of aromatic nitrogens is 1. The van der Waals surface area contributed by atoms with Crippen molar-refractivity contribution in [1.29, 1.82) is 0 Å².